The summed E-state index contributed by atoms with van der Waals surface area (Å²) in [4.78, 5) is 15.5. The van der Waals surface area contributed by atoms with Gasteiger partial charge in [0.2, 0.25) is 0 Å². The van der Waals surface area contributed by atoms with E-state index in [1.807, 2.05) is 0 Å². The molecular weight excluding hydrogens is 452 g/mol. The Morgan fingerprint density at radius 3 is 2.30 bits per heavy atom. The van der Waals surface area contributed by atoms with E-state index in [4.69, 9.17) is 0 Å². The molecular formula is C21H13F6N5O. The summed E-state index contributed by atoms with van der Waals surface area (Å²) in [5, 5.41) is 12.7. The first-order valence-corrected chi connectivity index (χ1v) is 9.30. The molecule has 4 aromatic rings. The number of anilines is 2. The first-order valence-electron chi connectivity index (χ1n) is 9.30. The van der Waals surface area contributed by atoms with E-state index >= 15 is 0 Å². The first kappa shape index (κ1) is 22.4. The molecule has 0 amide bonds. The molecule has 12 heteroatoms. The number of alkyl halides is 6. The normalized spacial score (nSPS) is 12.2. The average Bonchev–Trinajstić information content (AvgIpc) is 2.77. The van der Waals surface area contributed by atoms with Crippen LogP contribution in [0.25, 0.3) is 22.2 Å². The topological polar surface area (TPSA) is 83.8 Å². The monoisotopic (exact) mass is 465 g/mol. The first-order chi connectivity index (χ1) is 15.6. The zero-order valence-corrected chi connectivity index (χ0v) is 16.4. The van der Waals surface area contributed by atoms with Gasteiger partial charge in [0.1, 0.15) is 18.1 Å². The second-order valence-corrected chi connectivity index (χ2v) is 6.83. The summed E-state index contributed by atoms with van der Waals surface area (Å²) in [6, 6.07) is 8.26. The summed E-state index contributed by atoms with van der Waals surface area (Å²) in [6.07, 6.45) is -7.02. The molecule has 4 rings (SSSR count). The molecule has 0 saturated carbocycles. The number of fused-ring (bicyclic) bond motifs is 1. The number of benzene rings is 1. The summed E-state index contributed by atoms with van der Waals surface area (Å²) in [5.74, 6) is 0.0910. The lowest BCUT2D eigenvalue weighted by atomic mass is 10.0. The van der Waals surface area contributed by atoms with Crippen molar-refractivity contribution in [2.24, 2.45) is 0 Å². The third kappa shape index (κ3) is 4.70. The lowest BCUT2D eigenvalue weighted by Gasteiger charge is -2.14. The Hall–Kier alpha value is -3.80. The molecule has 0 saturated heterocycles. The highest BCUT2D eigenvalue weighted by molar-refractivity contribution is 5.93. The minimum Gasteiger partial charge on any atom is -0.388 e. The van der Waals surface area contributed by atoms with Crippen molar-refractivity contribution in [3.05, 3.63) is 71.9 Å². The van der Waals surface area contributed by atoms with E-state index in [1.54, 1.807) is 0 Å². The second-order valence-electron chi connectivity index (χ2n) is 6.83. The summed E-state index contributed by atoms with van der Waals surface area (Å²) in [7, 11) is 0. The molecule has 0 aliphatic rings. The zero-order chi connectivity index (χ0) is 23.8. The standard InChI is InChI=1S/C21H13F6N5O/c22-20(23,24)14-2-1-7-28-18(14)11-3-5-13-15(8-11)31-17(10-33)32-19(13)30-12-4-6-16(29-9-12)21(25,26)27/h1-9,33H,10H2,(H,30,31,32). The fourth-order valence-electron chi connectivity index (χ4n) is 3.13. The number of aromatic nitrogens is 4. The van der Waals surface area contributed by atoms with Crippen LogP contribution in [-0.2, 0) is 19.0 Å². The number of pyridine rings is 2. The van der Waals surface area contributed by atoms with Gasteiger partial charge in [-0.15, -0.1) is 0 Å². The number of aliphatic hydroxyl groups excluding tert-OH is 1. The van der Waals surface area contributed by atoms with Gasteiger partial charge >= 0.3 is 12.4 Å². The molecule has 0 bridgehead atoms. The molecule has 1 aromatic carbocycles. The van der Waals surface area contributed by atoms with Gasteiger partial charge < -0.3 is 10.4 Å². The van der Waals surface area contributed by atoms with Gasteiger partial charge in [-0.1, -0.05) is 6.07 Å². The molecule has 0 radical (unpaired) electrons. The molecule has 33 heavy (non-hydrogen) atoms. The number of hydrogen-bond donors (Lipinski definition) is 2. The fraction of sp³-hybridized carbons (Fsp3) is 0.143. The highest BCUT2D eigenvalue weighted by Gasteiger charge is 2.34. The minimum atomic E-state index is -4.62. The van der Waals surface area contributed by atoms with Gasteiger partial charge in [-0.25, -0.2) is 15.0 Å². The van der Waals surface area contributed by atoms with Crippen molar-refractivity contribution >= 4 is 22.4 Å². The number of aliphatic hydroxyl groups is 1. The number of nitrogens with one attached hydrogen (secondary N) is 1. The molecule has 2 N–H and O–H groups in total. The van der Waals surface area contributed by atoms with E-state index in [0.717, 1.165) is 24.4 Å². The van der Waals surface area contributed by atoms with Crippen molar-refractivity contribution in [2.45, 2.75) is 19.0 Å². The minimum absolute atomic E-state index is 0.0425. The third-order valence-corrected chi connectivity index (χ3v) is 4.59. The van der Waals surface area contributed by atoms with Crippen LogP contribution in [0.3, 0.4) is 0 Å². The van der Waals surface area contributed by atoms with Crippen LogP contribution in [0.15, 0.2) is 54.9 Å². The van der Waals surface area contributed by atoms with Crippen LogP contribution in [-0.4, -0.2) is 25.0 Å². The Kier molecular flexibility index (Phi) is 5.62. The van der Waals surface area contributed by atoms with E-state index in [0.29, 0.717) is 5.39 Å². The molecule has 0 aliphatic carbocycles. The highest BCUT2D eigenvalue weighted by atomic mass is 19.4. The van der Waals surface area contributed by atoms with E-state index in [-0.39, 0.29) is 34.1 Å². The SMILES string of the molecule is OCc1nc(Nc2ccc(C(F)(F)F)nc2)c2ccc(-c3ncccc3C(F)(F)F)cc2n1. The van der Waals surface area contributed by atoms with Gasteiger partial charge in [0.25, 0.3) is 0 Å². The Balaban J connectivity index is 1.77. The number of nitrogens with zero attached hydrogens (tertiary/aromatic N) is 4. The molecule has 0 spiro atoms. The van der Waals surface area contributed by atoms with E-state index in [2.05, 4.69) is 25.3 Å². The van der Waals surface area contributed by atoms with Crippen LogP contribution in [0.1, 0.15) is 17.1 Å². The summed E-state index contributed by atoms with van der Waals surface area (Å²) >= 11 is 0. The Morgan fingerprint density at radius 1 is 0.879 bits per heavy atom. The Morgan fingerprint density at radius 2 is 1.67 bits per heavy atom. The quantitative estimate of drug-likeness (QED) is 0.395. The predicted molar refractivity (Wildman–Crippen MR) is 106 cm³/mol. The Bertz CT molecular complexity index is 1310. The van der Waals surface area contributed by atoms with Crippen LogP contribution < -0.4 is 5.32 Å². The van der Waals surface area contributed by atoms with Crippen molar-refractivity contribution in [1.29, 1.82) is 0 Å². The zero-order valence-electron chi connectivity index (χ0n) is 16.4. The fourth-order valence-corrected chi connectivity index (χ4v) is 3.13. The van der Waals surface area contributed by atoms with Crippen LogP contribution in [0.4, 0.5) is 37.8 Å². The molecule has 3 aromatic heterocycles. The highest BCUT2D eigenvalue weighted by Crippen LogP contribution is 2.37. The van der Waals surface area contributed by atoms with Gasteiger partial charge in [-0.05, 0) is 36.4 Å². The molecule has 3 heterocycles. The van der Waals surface area contributed by atoms with Crippen LogP contribution >= 0.6 is 0 Å². The van der Waals surface area contributed by atoms with Gasteiger partial charge in [-0.2, -0.15) is 26.3 Å². The second kappa shape index (κ2) is 8.28. The molecule has 6 nitrogen and oxygen atoms in total. The average molecular weight is 465 g/mol. The van der Waals surface area contributed by atoms with Crippen LogP contribution in [0.5, 0.6) is 0 Å². The maximum atomic E-state index is 13.4. The lowest BCUT2D eigenvalue weighted by molar-refractivity contribution is -0.141. The van der Waals surface area contributed by atoms with E-state index < -0.39 is 30.2 Å². The lowest BCUT2D eigenvalue weighted by Crippen LogP contribution is -2.08. The maximum Gasteiger partial charge on any atom is 0.433 e. The summed E-state index contributed by atoms with van der Waals surface area (Å²) in [6.45, 7) is -0.572. The van der Waals surface area contributed by atoms with Gasteiger partial charge in [0, 0.05) is 17.1 Å². The summed E-state index contributed by atoms with van der Waals surface area (Å²) in [5.41, 5.74) is -1.77. The van der Waals surface area contributed by atoms with Crippen molar-refractivity contribution in [3.8, 4) is 11.3 Å². The number of halogens is 6. The van der Waals surface area contributed by atoms with Crippen molar-refractivity contribution in [1.82, 2.24) is 19.9 Å². The molecule has 0 atom stereocenters. The smallest absolute Gasteiger partial charge is 0.388 e. The number of hydrogen-bond acceptors (Lipinski definition) is 6. The predicted octanol–water partition coefficient (Wildman–Crippen LogP) is 5.36. The van der Waals surface area contributed by atoms with E-state index in [9.17, 15) is 31.4 Å². The van der Waals surface area contributed by atoms with Crippen molar-refractivity contribution in [3.63, 3.8) is 0 Å². The number of rotatable bonds is 4. The van der Waals surface area contributed by atoms with Gasteiger partial charge in [0.15, 0.2) is 5.82 Å². The van der Waals surface area contributed by atoms with Crippen LogP contribution in [0, 0.1) is 0 Å². The maximum absolute atomic E-state index is 13.4. The summed E-state index contributed by atoms with van der Waals surface area (Å²) < 4.78 is 78.4. The Labute approximate surface area is 182 Å². The largest absolute Gasteiger partial charge is 0.433 e. The van der Waals surface area contributed by atoms with Gasteiger partial charge in [-0.3, -0.25) is 4.98 Å². The van der Waals surface area contributed by atoms with Crippen molar-refractivity contribution in [2.75, 3.05) is 5.32 Å². The molecule has 0 aliphatic heterocycles. The van der Waals surface area contributed by atoms with Crippen LogP contribution in [0.2, 0.25) is 0 Å². The van der Waals surface area contributed by atoms with Crippen molar-refractivity contribution < 1.29 is 31.4 Å². The molecule has 0 fully saturated rings. The third-order valence-electron chi connectivity index (χ3n) is 4.59. The molecule has 0 unspecified atom stereocenters. The van der Waals surface area contributed by atoms with E-state index in [1.165, 1.54) is 30.5 Å². The molecule has 170 valence electrons. The van der Waals surface area contributed by atoms with Gasteiger partial charge in [0.05, 0.1) is 28.7 Å².